The molecule has 1 saturated heterocycles. The number of ketones is 1. The van der Waals surface area contributed by atoms with E-state index in [4.69, 9.17) is 9.47 Å². The summed E-state index contributed by atoms with van der Waals surface area (Å²) in [4.78, 5) is 24.8. The lowest BCUT2D eigenvalue weighted by Crippen LogP contribution is -2.70. The number of ether oxygens (including phenoxy) is 2. The van der Waals surface area contributed by atoms with Crippen LogP contribution in [0.15, 0.2) is 24.3 Å². The molecular formula is C25H32NO5+. The predicted octanol–water partition coefficient (Wildman–Crippen LogP) is 2.77. The smallest absolute Gasteiger partial charge is 0.313 e. The molecule has 5 rings (SSSR count). The van der Waals surface area contributed by atoms with E-state index in [2.05, 4.69) is 7.05 Å². The summed E-state index contributed by atoms with van der Waals surface area (Å²) in [6, 6.07) is 3.79. The van der Waals surface area contributed by atoms with E-state index in [9.17, 15) is 14.7 Å². The van der Waals surface area contributed by atoms with E-state index in [1.165, 1.54) is 18.9 Å². The van der Waals surface area contributed by atoms with Crippen LogP contribution in [0.2, 0.25) is 0 Å². The largest absolute Gasteiger partial charge is 0.481 e. The summed E-state index contributed by atoms with van der Waals surface area (Å²) in [5.41, 5.74) is 0.902. The SMILES string of the molecule is CC(C)C(=O)Oc1ccc2c3c1OCC(=O)C=CC1(O)C3CC[N+](C)(CC3CC3)C1C2. The number of esters is 1. The Kier molecular flexibility index (Phi) is 4.79. The van der Waals surface area contributed by atoms with E-state index in [1.54, 1.807) is 26.0 Å². The number of likely N-dealkylation sites (N-methyl/N-ethyl adjacent to an activating group) is 1. The molecule has 31 heavy (non-hydrogen) atoms. The molecule has 4 aliphatic rings. The number of likely N-dealkylation sites (tertiary alicyclic amines) is 1. The topological polar surface area (TPSA) is 72.8 Å². The predicted molar refractivity (Wildman–Crippen MR) is 115 cm³/mol. The first-order chi connectivity index (χ1) is 14.7. The van der Waals surface area contributed by atoms with E-state index in [0.717, 1.165) is 41.0 Å². The molecule has 0 aromatic heterocycles. The van der Waals surface area contributed by atoms with Gasteiger partial charge in [-0.05, 0) is 36.6 Å². The van der Waals surface area contributed by atoms with Crippen molar-refractivity contribution in [3.8, 4) is 11.5 Å². The van der Waals surface area contributed by atoms with Gasteiger partial charge in [-0.1, -0.05) is 19.9 Å². The van der Waals surface area contributed by atoms with Gasteiger partial charge in [0.05, 0.1) is 26.1 Å². The van der Waals surface area contributed by atoms with Gasteiger partial charge in [0.1, 0.15) is 11.6 Å². The molecule has 0 amide bonds. The zero-order chi connectivity index (χ0) is 22.0. The average molecular weight is 427 g/mol. The van der Waals surface area contributed by atoms with Crippen LogP contribution in [0.5, 0.6) is 11.5 Å². The number of piperidine rings is 1. The lowest BCUT2D eigenvalue weighted by molar-refractivity contribution is -0.947. The Balaban J connectivity index is 1.64. The maximum atomic E-state index is 12.5. The molecule has 6 nitrogen and oxygen atoms in total. The van der Waals surface area contributed by atoms with Crippen LogP contribution in [0.4, 0.5) is 0 Å². The fraction of sp³-hybridized carbons (Fsp3) is 0.600. The van der Waals surface area contributed by atoms with Crippen LogP contribution in [0, 0.1) is 11.8 Å². The summed E-state index contributed by atoms with van der Waals surface area (Å²) in [6.07, 6.45) is 7.27. The van der Waals surface area contributed by atoms with Crippen molar-refractivity contribution in [3.05, 3.63) is 35.4 Å². The minimum atomic E-state index is -1.13. The summed E-state index contributed by atoms with van der Waals surface area (Å²) in [5.74, 6) is 0.517. The Morgan fingerprint density at radius 1 is 1.32 bits per heavy atom. The van der Waals surface area contributed by atoms with E-state index < -0.39 is 5.60 Å². The van der Waals surface area contributed by atoms with Gasteiger partial charge in [0.25, 0.3) is 0 Å². The van der Waals surface area contributed by atoms with Gasteiger partial charge < -0.3 is 19.1 Å². The second-order valence-electron chi connectivity index (χ2n) is 10.4. The molecule has 4 atom stereocenters. The summed E-state index contributed by atoms with van der Waals surface area (Å²) < 4.78 is 12.4. The molecular weight excluding hydrogens is 394 g/mol. The zero-order valence-corrected chi connectivity index (χ0v) is 18.6. The first kappa shape index (κ1) is 20.7. The second kappa shape index (κ2) is 7.17. The Morgan fingerprint density at radius 3 is 2.81 bits per heavy atom. The van der Waals surface area contributed by atoms with Crippen LogP contribution in [0.3, 0.4) is 0 Å². The highest BCUT2D eigenvalue weighted by atomic mass is 16.6. The molecule has 0 radical (unpaired) electrons. The maximum Gasteiger partial charge on any atom is 0.313 e. The minimum absolute atomic E-state index is 0.0154. The van der Waals surface area contributed by atoms with E-state index in [1.807, 2.05) is 6.07 Å². The van der Waals surface area contributed by atoms with Crippen molar-refractivity contribution in [2.24, 2.45) is 11.8 Å². The molecule has 2 aliphatic carbocycles. The first-order valence-corrected chi connectivity index (χ1v) is 11.5. The number of carbonyl (C=O) groups excluding carboxylic acids is 2. The number of hydrogen-bond donors (Lipinski definition) is 1. The fourth-order valence-electron chi connectivity index (χ4n) is 5.90. The highest BCUT2D eigenvalue weighted by Gasteiger charge is 2.60. The standard InChI is InChI=1S/C25H32NO5/c1-15(2)24(28)31-20-7-6-17-12-21-25(29)10-8-18(27)14-30-23(20)22(17)19(25)9-11-26(21,3)13-16-4-5-16/h6-8,10,15-16,19,21,29H,4-5,9,11-14H2,1-3H3/q+1. The van der Waals surface area contributed by atoms with Gasteiger partial charge in [0.2, 0.25) is 0 Å². The van der Waals surface area contributed by atoms with Crippen LogP contribution < -0.4 is 9.47 Å². The summed E-state index contributed by atoms with van der Waals surface area (Å²) in [6.45, 7) is 5.48. The number of nitrogens with zero attached hydrogens (tertiary/aromatic N) is 1. The van der Waals surface area contributed by atoms with Crippen molar-refractivity contribution in [1.29, 1.82) is 0 Å². The third kappa shape index (κ3) is 3.40. The van der Waals surface area contributed by atoms with Gasteiger partial charge in [-0.15, -0.1) is 0 Å². The van der Waals surface area contributed by atoms with Crippen molar-refractivity contribution in [2.75, 3.05) is 26.7 Å². The van der Waals surface area contributed by atoms with Crippen LogP contribution in [-0.4, -0.2) is 59.7 Å². The van der Waals surface area contributed by atoms with E-state index >= 15 is 0 Å². The van der Waals surface area contributed by atoms with Crippen molar-refractivity contribution in [1.82, 2.24) is 0 Å². The molecule has 4 unspecified atom stereocenters. The highest BCUT2D eigenvalue weighted by Crippen LogP contribution is 2.55. The summed E-state index contributed by atoms with van der Waals surface area (Å²) >= 11 is 0. The molecule has 1 aromatic rings. The summed E-state index contributed by atoms with van der Waals surface area (Å²) in [7, 11) is 2.26. The first-order valence-electron chi connectivity index (χ1n) is 11.5. The van der Waals surface area contributed by atoms with Crippen LogP contribution in [0.1, 0.15) is 50.2 Å². The number of aliphatic hydroxyl groups is 1. The molecule has 1 N–H and O–H groups in total. The van der Waals surface area contributed by atoms with Gasteiger partial charge >= 0.3 is 5.97 Å². The molecule has 0 spiro atoms. The number of quaternary nitrogens is 1. The molecule has 2 heterocycles. The fourth-order valence-corrected chi connectivity index (χ4v) is 5.90. The quantitative estimate of drug-likeness (QED) is 0.455. The number of carbonyl (C=O) groups is 2. The van der Waals surface area contributed by atoms with E-state index in [-0.39, 0.29) is 36.2 Å². The third-order valence-corrected chi connectivity index (χ3v) is 7.73. The lowest BCUT2D eigenvalue weighted by Gasteiger charge is -2.57. The van der Waals surface area contributed by atoms with Crippen LogP contribution in [0.25, 0.3) is 0 Å². The Morgan fingerprint density at radius 2 is 2.10 bits per heavy atom. The number of rotatable bonds is 4. The van der Waals surface area contributed by atoms with Gasteiger partial charge in [-0.3, -0.25) is 9.59 Å². The number of hydrogen-bond acceptors (Lipinski definition) is 5. The van der Waals surface area contributed by atoms with Gasteiger partial charge in [-0.25, -0.2) is 0 Å². The monoisotopic (exact) mass is 426 g/mol. The molecule has 6 heteroatoms. The lowest BCUT2D eigenvalue weighted by atomic mass is 9.63. The summed E-state index contributed by atoms with van der Waals surface area (Å²) in [5, 5.41) is 12.1. The van der Waals surface area contributed by atoms with Gasteiger partial charge in [0.15, 0.2) is 23.9 Å². The second-order valence-corrected chi connectivity index (χ2v) is 10.4. The molecule has 2 aliphatic heterocycles. The van der Waals surface area contributed by atoms with Crippen LogP contribution >= 0.6 is 0 Å². The average Bonchev–Trinajstić information content (AvgIpc) is 3.51. The molecule has 1 saturated carbocycles. The Hall–Kier alpha value is -2.18. The van der Waals surface area contributed by atoms with Gasteiger partial charge in [0, 0.05) is 30.2 Å². The Labute approximate surface area is 183 Å². The van der Waals surface area contributed by atoms with Gasteiger partial charge in [-0.2, -0.15) is 0 Å². The normalized spacial score (nSPS) is 33.9. The van der Waals surface area contributed by atoms with Crippen molar-refractivity contribution in [3.63, 3.8) is 0 Å². The van der Waals surface area contributed by atoms with Crippen molar-refractivity contribution in [2.45, 2.75) is 57.1 Å². The van der Waals surface area contributed by atoms with Crippen molar-refractivity contribution < 1.29 is 28.7 Å². The van der Waals surface area contributed by atoms with Crippen molar-refractivity contribution >= 4 is 11.8 Å². The van der Waals surface area contributed by atoms with Crippen LogP contribution in [-0.2, 0) is 16.0 Å². The van der Waals surface area contributed by atoms with E-state index in [0.29, 0.717) is 17.9 Å². The molecule has 166 valence electrons. The third-order valence-electron chi connectivity index (χ3n) is 7.73. The number of benzene rings is 1. The zero-order valence-electron chi connectivity index (χ0n) is 18.6. The minimum Gasteiger partial charge on any atom is -0.481 e. The molecule has 4 bridgehead atoms. The molecule has 1 aromatic carbocycles. The highest BCUT2D eigenvalue weighted by molar-refractivity contribution is 5.91. The maximum absolute atomic E-state index is 12.5. The Bertz CT molecular complexity index is 965. The molecule has 2 fully saturated rings.